The van der Waals surface area contributed by atoms with Crippen LogP contribution in [0.2, 0.25) is 0 Å². The van der Waals surface area contributed by atoms with E-state index in [0.717, 1.165) is 16.8 Å². The SMILES string of the molecule is O=C(N[C@@H]1O[C@H](CO)[C@H](O)[C@H](O)[C@H]1O)c1cccc(-c2cn(C[C@H]3O[C@@H](n4ccc(=O)[nH]c4=O)[C@H](O)[C@@H]3O)nn2)n1. The molecule has 0 bridgehead atoms. The zero-order chi connectivity index (χ0) is 29.4. The van der Waals surface area contributed by atoms with Crippen molar-refractivity contribution in [3.05, 3.63) is 63.2 Å². The molecule has 3 aromatic heterocycles. The highest BCUT2D eigenvalue weighted by molar-refractivity contribution is 5.92. The third-order valence-electron chi connectivity index (χ3n) is 6.78. The number of carbonyl (C=O) groups excluding carboxylic acids is 1. The second kappa shape index (κ2) is 11.5. The number of aliphatic hydroxyl groups is 6. The number of carbonyl (C=O) groups is 1. The summed E-state index contributed by atoms with van der Waals surface area (Å²) in [6, 6.07) is 5.50. The van der Waals surface area contributed by atoms with Crippen molar-refractivity contribution in [1.82, 2.24) is 34.8 Å². The van der Waals surface area contributed by atoms with Gasteiger partial charge in [0, 0.05) is 12.3 Å². The van der Waals surface area contributed by atoms with Crippen LogP contribution >= 0.6 is 0 Å². The van der Waals surface area contributed by atoms with Gasteiger partial charge in [-0.1, -0.05) is 11.3 Å². The molecule has 18 heteroatoms. The van der Waals surface area contributed by atoms with Crippen LogP contribution in [0.4, 0.5) is 0 Å². The number of nitrogens with one attached hydrogen (secondary N) is 2. The maximum Gasteiger partial charge on any atom is 0.330 e. The van der Waals surface area contributed by atoms with E-state index in [-0.39, 0.29) is 23.6 Å². The topological polar surface area (TPSA) is 267 Å². The number of ether oxygens (including phenoxy) is 2. The number of aliphatic hydroxyl groups excluding tert-OH is 6. The molecule has 3 aromatic rings. The van der Waals surface area contributed by atoms with Gasteiger partial charge in [0.25, 0.3) is 11.5 Å². The molecule has 18 nitrogen and oxygen atoms in total. The Kier molecular flexibility index (Phi) is 8.07. The lowest BCUT2D eigenvalue weighted by atomic mass is 9.98. The molecule has 8 N–H and O–H groups in total. The summed E-state index contributed by atoms with van der Waals surface area (Å²) in [5, 5.41) is 70.6. The molecule has 0 radical (unpaired) electrons. The van der Waals surface area contributed by atoms with Crippen molar-refractivity contribution in [3.8, 4) is 11.4 Å². The molecular weight excluding hydrogens is 550 g/mol. The van der Waals surface area contributed by atoms with E-state index < -0.39 is 78.9 Å². The fraction of sp³-hybridized carbons (Fsp3) is 0.478. The number of rotatable bonds is 7. The number of hydrogen-bond donors (Lipinski definition) is 8. The van der Waals surface area contributed by atoms with E-state index in [2.05, 4.69) is 20.6 Å². The van der Waals surface area contributed by atoms with Gasteiger partial charge in [0.05, 0.1) is 25.0 Å². The number of hydrogen-bond acceptors (Lipinski definition) is 14. The average molecular weight is 578 g/mol. The summed E-state index contributed by atoms with van der Waals surface area (Å²) in [4.78, 5) is 42.5. The van der Waals surface area contributed by atoms with Crippen molar-refractivity contribution >= 4 is 5.91 Å². The van der Waals surface area contributed by atoms with Crippen LogP contribution in [0.5, 0.6) is 0 Å². The second-order valence-corrected chi connectivity index (χ2v) is 9.52. The number of aromatic amines is 1. The van der Waals surface area contributed by atoms with Gasteiger partial charge in [0.2, 0.25) is 0 Å². The number of amides is 1. The van der Waals surface area contributed by atoms with E-state index >= 15 is 0 Å². The first-order valence-corrected chi connectivity index (χ1v) is 12.4. The van der Waals surface area contributed by atoms with Crippen molar-refractivity contribution < 1.29 is 44.9 Å². The van der Waals surface area contributed by atoms with E-state index in [1.807, 2.05) is 4.98 Å². The zero-order valence-electron chi connectivity index (χ0n) is 21.0. The predicted molar refractivity (Wildman–Crippen MR) is 132 cm³/mol. The van der Waals surface area contributed by atoms with Crippen molar-refractivity contribution in [3.63, 3.8) is 0 Å². The Labute approximate surface area is 229 Å². The van der Waals surface area contributed by atoms with Gasteiger partial charge >= 0.3 is 5.69 Å². The van der Waals surface area contributed by atoms with Crippen molar-refractivity contribution in [2.24, 2.45) is 0 Å². The van der Waals surface area contributed by atoms with Crippen LogP contribution in [0, 0.1) is 0 Å². The largest absolute Gasteiger partial charge is 0.394 e. The van der Waals surface area contributed by atoms with Crippen LogP contribution in [0.15, 0.2) is 46.2 Å². The minimum Gasteiger partial charge on any atom is -0.394 e. The van der Waals surface area contributed by atoms with Crippen LogP contribution in [0.3, 0.4) is 0 Å². The summed E-state index contributed by atoms with van der Waals surface area (Å²) in [6.07, 6.45) is -10.1. The van der Waals surface area contributed by atoms with E-state index in [0.29, 0.717) is 0 Å². The molecule has 0 spiro atoms. The zero-order valence-corrected chi connectivity index (χ0v) is 21.0. The Morgan fingerprint density at radius 2 is 1.71 bits per heavy atom. The summed E-state index contributed by atoms with van der Waals surface area (Å²) in [5.41, 5.74) is -1.10. The molecule has 2 aliphatic heterocycles. The van der Waals surface area contributed by atoms with Crippen LogP contribution in [0.1, 0.15) is 16.7 Å². The number of pyridine rings is 1. The standard InChI is InChI=1S/C23H27N7O11/c31-8-13-16(34)17(35)18(36)21(40-13)26-20(38)10-3-1-2-9(24-10)11-6-29(28-27-11)7-12-15(33)19(37)22(41-12)30-5-4-14(32)25-23(30)39/h1-6,12-13,15-19,21-22,31,33-37H,7-8H2,(H,26,38)(H,25,32,39)/t12-,13-,15-,16+,17+,18-,19-,21-,22-/m1/s1. The average Bonchev–Trinajstić information content (AvgIpc) is 3.54. The lowest BCUT2D eigenvalue weighted by Gasteiger charge is -2.40. The van der Waals surface area contributed by atoms with Gasteiger partial charge in [0.15, 0.2) is 12.5 Å². The number of H-pyrrole nitrogens is 1. The van der Waals surface area contributed by atoms with Gasteiger partial charge in [-0.05, 0) is 12.1 Å². The molecule has 2 saturated heterocycles. The minimum atomic E-state index is -1.67. The highest BCUT2D eigenvalue weighted by Crippen LogP contribution is 2.29. The summed E-state index contributed by atoms with van der Waals surface area (Å²) in [6.45, 7) is -0.744. The Hall–Kier alpha value is -3.88. The first-order chi connectivity index (χ1) is 19.6. The molecule has 0 aromatic carbocycles. The van der Waals surface area contributed by atoms with Crippen LogP contribution < -0.4 is 16.6 Å². The molecule has 9 atom stereocenters. The molecule has 5 heterocycles. The smallest absolute Gasteiger partial charge is 0.330 e. The minimum absolute atomic E-state index is 0.0862. The lowest BCUT2D eigenvalue weighted by molar-refractivity contribution is -0.233. The third kappa shape index (κ3) is 5.67. The van der Waals surface area contributed by atoms with Crippen molar-refractivity contribution in [2.75, 3.05) is 6.61 Å². The van der Waals surface area contributed by atoms with E-state index in [4.69, 9.17) is 9.47 Å². The Bertz CT molecular complexity index is 1510. The van der Waals surface area contributed by atoms with E-state index in [1.165, 1.54) is 23.0 Å². The van der Waals surface area contributed by atoms with Gasteiger partial charge in [-0.25, -0.2) is 14.5 Å². The van der Waals surface area contributed by atoms with Gasteiger partial charge < -0.3 is 45.4 Å². The Morgan fingerprint density at radius 3 is 2.44 bits per heavy atom. The summed E-state index contributed by atoms with van der Waals surface area (Å²) in [5.74, 6) is -0.788. The normalized spacial score (nSPS) is 31.7. The molecule has 0 unspecified atom stereocenters. The maximum atomic E-state index is 12.8. The molecule has 220 valence electrons. The monoisotopic (exact) mass is 577 g/mol. The summed E-state index contributed by atoms with van der Waals surface area (Å²) in [7, 11) is 0. The fourth-order valence-corrected chi connectivity index (χ4v) is 4.55. The van der Waals surface area contributed by atoms with E-state index in [9.17, 15) is 45.0 Å². The number of nitrogens with zero attached hydrogens (tertiary/aromatic N) is 5. The fourth-order valence-electron chi connectivity index (χ4n) is 4.55. The first kappa shape index (κ1) is 28.6. The highest BCUT2D eigenvalue weighted by atomic mass is 16.6. The Balaban J connectivity index is 1.26. The second-order valence-electron chi connectivity index (χ2n) is 9.52. The van der Waals surface area contributed by atoms with Gasteiger partial charge in [-0.2, -0.15) is 0 Å². The van der Waals surface area contributed by atoms with Crippen molar-refractivity contribution in [1.29, 1.82) is 0 Å². The molecule has 2 aliphatic rings. The third-order valence-corrected chi connectivity index (χ3v) is 6.78. The highest BCUT2D eigenvalue weighted by Gasteiger charge is 2.45. The van der Waals surface area contributed by atoms with Crippen LogP contribution in [0.25, 0.3) is 11.4 Å². The van der Waals surface area contributed by atoms with Crippen molar-refractivity contribution in [2.45, 2.75) is 61.7 Å². The van der Waals surface area contributed by atoms with E-state index in [1.54, 1.807) is 6.07 Å². The molecule has 2 fully saturated rings. The van der Waals surface area contributed by atoms with Crippen LogP contribution in [-0.2, 0) is 16.0 Å². The summed E-state index contributed by atoms with van der Waals surface area (Å²) < 4.78 is 13.2. The quantitative estimate of drug-likeness (QED) is 0.131. The molecule has 5 rings (SSSR count). The molecule has 1 amide bonds. The molecule has 0 saturated carbocycles. The molecule has 0 aliphatic carbocycles. The van der Waals surface area contributed by atoms with Crippen LogP contribution in [-0.4, -0.2) is 122 Å². The first-order valence-electron chi connectivity index (χ1n) is 12.4. The molecular formula is C23H27N7O11. The molecule has 41 heavy (non-hydrogen) atoms. The predicted octanol–water partition coefficient (Wildman–Crippen LogP) is -4.96. The lowest BCUT2D eigenvalue weighted by Crippen LogP contribution is -2.63. The number of aromatic nitrogens is 6. The maximum absolute atomic E-state index is 12.8. The van der Waals surface area contributed by atoms with Gasteiger partial charge in [-0.15, -0.1) is 5.10 Å². The summed E-state index contributed by atoms with van der Waals surface area (Å²) >= 11 is 0. The Morgan fingerprint density at radius 1 is 0.951 bits per heavy atom. The van der Waals surface area contributed by atoms with Gasteiger partial charge in [0.1, 0.15) is 54.1 Å². The van der Waals surface area contributed by atoms with Gasteiger partial charge in [-0.3, -0.25) is 19.1 Å².